The van der Waals surface area contributed by atoms with Crippen LogP contribution in [0.15, 0.2) is 24.3 Å². The van der Waals surface area contributed by atoms with E-state index in [4.69, 9.17) is 18.0 Å². The van der Waals surface area contributed by atoms with Gasteiger partial charge in [0.05, 0.1) is 6.54 Å². The molecule has 0 spiro atoms. The summed E-state index contributed by atoms with van der Waals surface area (Å²) in [5, 5.41) is 6.53. The van der Waals surface area contributed by atoms with Crippen LogP contribution >= 0.6 is 12.2 Å². The van der Waals surface area contributed by atoms with E-state index in [2.05, 4.69) is 29.3 Å². The van der Waals surface area contributed by atoms with Crippen LogP contribution in [0.2, 0.25) is 0 Å². The van der Waals surface area contributed by atoms with E-state index in [9.17, 15) is 0 Å². The molecular formula is C10H12N4S. The van der Waals surface area contributed by atoms with E-state index < -0.39 is 0 Å². The molecular weight excluding hydrogens is 208 g/mol. The molecule has 1 aromatic heterocycles. The molecule has 78 valence electrons. The first-order valence-corrected chi connectivity index (χ1v) is 5.04. The van der Waals surface area contributed by atoms with Crippen LogP contribution in [0.4, 0.5) is 5.95 Å². The van der Waals surface area contributed by atoms with Gasteiger partial charge in [-0.1, -0.05) is 24.3 Å². The topological polar surface area (TPSA) is 59.6 Å². The first kappa shape index (κ1) is 9.92. The van der Waals surface area contributed by atoms with Gasteiger partial charge in [0.2, 0.25) is 5.95 Å². The smallest absolute Gasteiger partial charge is 0.220 e. The maximum Gasteiger partial charge on any atom is 0.220 e. The van der Waals surface area contributed by atoms with Gasteiger partial charge in [-0.05, 0) is 30.3 Å². The monoisotopic (exact) mass is 220 g/mol. The van der Waals surface area contributed by atoms with Crippen molar-refractivity contribution in [3.63, 3.8) is 0 Å². The fourth-order valence-electron chi connectivity index (χ4n) is 1.44. The number of nitrogens with zero attached hydrogens (tertiary/aromatic N) is 2. The molecule has 0 radical (unpaired) electrons. The van der Waals surface area contributed by atoms with Crippen LogP contribution in [-0.4, -0.2) is 14.8 Å². The summed E-state index contributed by atoms with van der Waals surface area (Å²) >= 11 is 5.08. The first-order chi connectivity index (χ1) is 7.18. The summed E-state index contributed by atoms with van der Waals surface area (Å²) in [6.07, 6.45) is 0. The van der Waals surface area contributed by atoms with Gasteiger partial charge in [-0.2, -0.15) is 0 Å². The number of anilines is 1. The molecule has 0 fully saturated rings. The lowest BCUT2D eigenvalue weighted by Crippen LogP contribution is -2.05. The highest BCUT2D eigenvalue weighted by molar-refractivity contribution is 7.71. The van der Waals surface area contributed by atoms with Crippen LogP contribution in [0.3, 0.4) is 0 Å². The third-order valence-electron chi connectivity index (χ3n) is 2.38. The number of benzene rings is 1. The standard InChI is InChI=1S/C10H12N4S/c1-7-4-2-3-5-8(7)6-14-9(11)12-13-10(14)15/h2-5H,6H2,1H3,(H2,11,12)(H,13,15). The Morgan fingerprint density at radius 2 is 2.20 bits per heavy atom. The second kappa shape index (κ2) is 3.86. The quantitative estimate of drug-likeness (QED) is 0.760. The molecule has 4 nitrogen and oxygen atoms in total. The fourth-order valence-corrected chi connectivity index (χ4v) is 1.64. The molecule has 0 saturated heterocycles. The van der Waals surface area contributed by atoms with Crippen molar-refractivity contribution in [3.8, 4) is 0 Å². The molecule has 0 unspecified atom stereocenters. The number of nitrogens with one attached hydrogen (secondary N) is 1. The van der Waals surface area contributed by atoms with E-state index in [1.165, 1.54) is 11.1 Å². The van der Waals surface area contributed by atoms with Gasteiger partial charge < -0.3 is 5.73 Å². The Labute approximate surface area is 92.7 Å². The van der Waals surface area contributed by atoms with Gasteiger partial charge in [0.15, 0.2) is 4.77 Å². The molecule has 0 saturated carbocycles. The molecule has 5 heteroatoms. The minimum Gasteiger partial charge on any atom is -0.368 e. The van der Waals surface area contributed by atoms with Gasteiger partial charge in [0, 0.05) is 0 Å². The third kappa shape index (κ3) is 1.92. The zero-order chi connectivity index (χ0) is 10.8. The second-order valence-electron chi connectivity index (χ2n) is 3.40. The molecule has 0 amide bonds. The molecule has 3 N–H and O–H groups in total. The van der Waals surface area contributed by atoms with Crippen molar-refractivity contribution in [1.29, 1.82) is 0 Å². The number of aryl methyl sites for hydroxylation is 1. The predicted octanol–water partition coefficient (Wildman–Crippen LogP) is 1.88. The number of H-pyrrole nitrogens is 1. The summed E-state index contributed by atoms with van der Waals surface area (Å²) in [5.74, 6) is 0.420. The molecule has 1 aromatic carbocycles. The maximum atomic E-state index is 5.69. The molecule has 0 atom stereocenters. The summed E-state index contributed by atoms with van der Waals surface area (Å²) in [4.78, 5) is 0. The summed E-state index contributed by atoms with van der Waals surface area (Å²) in [5.41, 5.74) is 8.11. The van der Waals surface area contributed by atoms with Crippen molar-refractivity contribution in [2.75, 3.05) is 5.73 Å². The highest BCUT2D eigenvalue weighted by Crippen LogP contribution is 2.11. The van der Waals surface area contributed by atoms with Crippen LogP contribution in [0.1, 0.15) is 11.1 Å². The summed E-state index contributed by atoms with van der Waals surface area (Å²) in [7, 11) is 0. The lowest BCUT2D eigenvalue weighted by molar-refractivity contribution is 0.788. The van der Waals surface area contributed by atoms with E-state index in [1.54, 1.807) is 4.57 Å². The van der Waals surface area contributed by atoms with Crippen LogP contribution in [0.5, 0.6) is 0 Å². The summed E-state index contributed by atoms with van der Waals surface area (Å²) in [6, 6.07) is 8.14. The van der Waals surface area contributed by atoms with Crippen LogP contribution in [-0.2, 0) is 6.54 Å². The van der Waals surface area contributed by atoms with E-state index in [0.717, 1.165) is 0 Å². The Morgan fingerprint density at radius 1 is 1.47 bits per heavy atom. The molecule has 0 aliphatic carbocycles. The molecule has 0 aliphatic heterocycles. The van der Waals surface area contributed by atoms with Gasteiger partial charge in [0.25, 0.3) is 0 Å². The zero-order valence-corrected chi connectivity index (χ0v) is 9.21. The second-order valence-corrected chi connectivity index (χ2v) is 3.79. The van der Waals surface area contributed by atoms with Crippen molar-refractivity contribution < 1.29 is 0 Å². The Morgan fingerprint density at radius 3 is 2.80 bits per heavy atom. The average Bonchev–Trinajstić information content (AvgIpc) is 2.53. The van der Waals surface area contributed by atoms with Gasteiger partial charge >= 0.3 is 0 Å². The molecule has 0 bridgehead atoms. The summed E-state index contributed by atoms with van der Waals surface area (Å²) < 4.78 is 2.33. The number of nitrogen functional groups attached to an aromatic ring is 1. The van der Waals surface area contributed by atoms with E-state index in [0.29, 0.717) is 17.3 Å². The summed E-state index contributed by atoms with van der Waals surface area (Å²) in [6.45, 7) is 2.73. The largest absolute Gasteiger partial charge is 0.368 e. The van der Waals surface area contributed by atoms with Crippen molar-refractivity contribution in [2.45, 2.75) is 13.5 Å². The molecule has 2 aromatic rings. The van der Waals surface area contributed by atoms with Crippen LogP contribution in [0, 0.1) is 11.7 Å². The number of aromatic amines is 1. The van der Waals surface area contributed by atoms with E-state index >= 15 is 0 Å². The van der Waals surface area contributed by atoms with Gasteiger partial charge in [0.1, 0.15) is 0 Å². The van der Waals surface area contributed by atoms with Crippen molar-refractivity contribution in [1.82, 2.24) is 14.8 Å². The minimum absolute atomic E-state index is 0.420. The third-order valence-corrected chi connectivity index (χ3v) is 2.69. The molecule has 15 heavy (non-hydrogen) atoms. The molecule has 0 aliphatic rings. The molecule has 1 heterocycles. The number of aromatic nitrogens is 3. The lowest BCUT2D eigenvalue weighted by Gasteiger charge is -2.06. The Hall–Kier alpha value is -1.62. The SMILES string of the molecule is Cc1ccccc1Cn1c(N)n[nH]c1=S. The van der Waals surface area contributed by atoms with Crippen LogP contribution in [0.25, 0.3) is 0 Å². The first-order valence-electron chi connectivity index (χ1n) is 4.63. The predicted molar refractivity (Wildman–Crippen MR) is 62.1 cm³/mol. The number of hydrogen-bond donors (Lipinski definition) is 2. The van der Waals surface area contributed by atoms with Crippen molar-refractivity contribution >= 4 is 18.2 Å². The average molecular weight is 220 g/mol. The van der Waals surface area contributed by atoms with Gasteiger partial charge in [-0.15, -0.1) is 5.10 Å². The fraction of sp³-hybridized carbons (Fsp3) is 0.200. The zero-order valence-electron chi connectivity index (χ0n) is 8.40. The normalized spacial score (nSPS) is 10.5. The lowest BCUT2D eigenvalue weighted by atomic mass is 10.1. The number of rotatable bonds is 2. The van der Waals surface area contributed by atoms with Gasteiger partial charge in [-0.25, -0.2) is 5.10 Å². The Balaban J connectivity index is 2.38. The minimum atomic E-state index is 0.420. The van der Waals surface area contributed by atoms with E-state index in [-0.39, 0.29) is 0 Å². The van der Waals surface area contributed by atoms with Crippen molar-refractivity contribution in [2.24, 2.45) is 0 Å². The number of nitrogens with two attached hydrogens (primary N) is 1. The Bertz CT molecular complexity index is 526. The van der Waals surface area contributed by atoms with Crippen LogP contribution < -0.4 is 5.73 Å². The van der Waals surface area contributed by atoms with Gasteiger partial charge in [-0.3, -0.25) is 4.57 Å². The highest BCUT2D eigenvalue weighted by atomic mass is 32.1. The Kier molecular flexibility index (Phi) is 2.55. The maximum absolute atomic E-state index is 5.69. The van der Waals surface area contributed by atoms with Crippen molar-refractivity contribution in [3.05, 3.63) is 40.2 Å². The molecule has 2 rings (SSSR count). The van der Waals surface area contributed by atoms with E-state index in [1.807, 2.05) is 12.1 Å². The number of hydrogen-bond acceptors (Lipinski definition) is 3. The highest BCUT2D eigenvalue weighted by Gasteiger charge is 2.03.